The van der Waals surface area contributed by atoms with Gasteiger partial charge in [-0.25, -0.2) is 13.4 Å². The van der Waals surface area contributed by atoms with Crippen molar-refractivity contribution in [2.45, 2.75) is 31.9 Å². The van der Waals surface area contributed by atoms with E-state index in [1.807, 2.05) is 38.1 Å². The molecule has 0 bridgehead atoms. The first-order chi connectivity index (χ1) is 11.9. The topological polar surface area (TPSA) is 80.2 Å². The van der Waals surface area contributed by atoms with Crippen LogP contribution < -0.4 is 0 Å². The first-order valence-corrected chi connectivity index (χ1v) is 10.3. The molecule has 1 saturated heterocycles. The van der Waals surface area contributed by atoms with Gasteiger partial charge in [0.25, 0.3) is 5.91 Å². The molecule has 7 heteroatoms. The average molecular weight is 361 g/mol. The minimum atomic E-state index is -3.09. The van der Waals surface area contributed by atoms with Gasteiger partial charge in [-0.3, -0.25) is 9.78 Å². The van der Waals surface area contributed by atoms with Crippen LogP contribution in [0.2, 0.25) is 0 Å². The lowest BCUT2D eigenvalue weighted by molar-refractivity contribution is 0.0719. The first-order valence-electron chi connectivity index (χ1n) is 8.59. The van der Waals surface area contributed by atoms with E-state index in [1.54, 1.807) is 4.90 Å². The predicted molar refractivity (Wildman–Crippen MR) is 97.1 cm³/mol. The molecule has 3 rings (SSSR count). The summed E-state index contributed by atoms with van der Waals surface area (Å²) < 4.78 is 24.7. The highest BCUT2D eigenvalue weighted by Crippen LogP contribution is 2.21. The van der Waals surface area contributed by atoms with Crippen molar-refractivity contribution in [1.29, 1.82) is 0 Å². The molecule has 0 radical (unpaired) electrons. The van der Waals surface area contributed by atoms with E-state index in [9.17, 15) is 13.2 Å². The molecule has 1 aromatic carbocycles. The van der Waals surface area contributed by atoms with Crippen molar-refractivity contribution in [3.63, 3.8) is 0 Å². The van der Waals surface area contributed by atoms with Gasteiger partial charge in [0.2, 0.25) is 0 Å². The number of para-hydroxylation sites is 2. The van der Waals surface area contributed by atoms with E-state index in [0.717, 1.165) is 5.52 Å². The van der Waals surface area contributed by atoms with Crippen LogP contribution in [-0.4, -0.2) is 53.3 Å². The summed E-state index contributed by atoms with van der Waals surface area (Å²) in [5, 5.41) is -0.346. The molecule has 6 nitrogen and oxygen atoms in total. The molecular weight excluding hydrogens is 338 g/mol. The first kappa shape index (κ1) is 17.8. The number of likely N-dealkylation sites (tertiary alicyclic amines) is 1. The summed E-state index contributed by atoms with van der Waals surface area (Å²) in [6.07, 6.45) is 2.47. The lowest BCUT2D eigenvalue weighted by Gasteiger charge is -2.31. The number of carbonyl (C=O) groups excluding carboxylic acids is 1. The zero-order chi connectivity index (χ0) is 18.0. The molecule has 134 valence electrons. The maximum absolute atomic E-state index is 12.7. The summed E-state index contributed by atoms with van der Waals surface area (Å²) in [6, 6.07) is 7.41. The summed E-state index contributed by atoms with van der Waals surface area (Å²) in [5.74, 6) is 0.150. The maximum Gasteiger partial charge on any atom is 0.274 e. The highest BCUT2D eigenvalue weighted by Gasteiger charge is 2.32. The van der Waals surface area contributed by atoms with E-state index in [2.05, 4.69) is 9.97 Å². The normalized spacial score (nSPS) is 16.5. The molecule has 25 heavy (non-hydrogen) atoms. The largest absolute Gasteiger partial charge is 0.337 e. The molecule has 2 aromatic rings. The zero-order valence-corrected chi connectivity index (χ0v) is 15.4. The van der Waals surface area contributed by atoms with Gasteiger partial charge in [-0.1, -0.05) is 26.0 Å². The van der Waals surface area contributed by atoms with Crippen molar-refractivity contribution in [2.75, 3.05) is 18.8 Å². The molecule has 2 heterocycles. The van der Waals surface area contributed by atoms with E-state index in [4.69, 9.17) is 0 Å². The summed E-state index contributed by atoms with van der Waals surface area (Å²) in [5.41, 5.74) is 1.74. The molecule has 1 aliphatic heterocycles. The van der Waals surface area contributed by atoms with Gasteiger partial charge in [-0.15, -0.1) is 0 Å². The second-order valence-corrected chi connectivity index (χ2v) is 9.28. The molecule has 1 amide bonds. The van der Waals surface area contributed by atoms with Gasteiger partial charge in [-0.05, 0) is 30.9 Å². The Hall–Kier alpha value is -2.02. The molecule has 1 aliphatic rings. The Morgan fingerprint density at radius 2 is 1.84 bits per heavy atom. The van der Waals surface area contributed by atoms with Crippen molar-refractivity contribution in [3.8, 4) is 0 Å². The molecule has 0 N–H and O–H groups in total. The Bertz CT molecular complexity index is 872. The molecule has 0 atom stereocenters. The third kappa shape index (κ3) is 3.98. The van der Waals surface area contributed by atoms with Crippen molar-refractivity contribution in [3.05, 3.63) is 36.2 Å². The van der Waals surface area contributed by atoms with Gasteiger partial charge in [0, 0.05) is 13.1 Å². The summed E-state index contributed by atoms with van der Waals surface area (Å²) in [4.78, 5) is 23.0. The van der Waals surface area contributed by atoms with Crippen LogP contribution in [0.3, 0.4) is 0 Å². The van der Waals surface area contributed by atoms with Crippen LogP contribution >= 0.6 is 0 Å². The van der Waals surface area contributed by atoms with Crippen molar-refractivity contribution in [2.24, 2.45) is 5.92 Å². The minimum Gasteiger partial charge on any atom is -0.337 e. The second kappa shape index (κ2) is 7.07. The summed E-state index contributed by atoms with van der Waals surface area (Å²) in [7, 11) is -3.09. The number of aromatic nitrogens is 2. The SMILES string of the molecule is CC(C)CS(=O)(=O)C1CCN(C(=O)c2cnc3ccccc3n2)CC1. The number of rotatable bonds is 4. The quantitative estimate of drug-likeness (QED) is 0.835. The van der Waals surface area contributed by atoms with Crippen LogP contribution in [-0.2, 0) is 9.84 Å². The third-order valence-electron chi connectivity index (χ3n) is 4.47. The fraction of sp³-hybridized carbons (Fsp3) is 0.500. The number of piperidine rings is 1. The van der Waals surface area contributed by atoms with E-state index >= 15 is 0 Å². The van der Waals surface area contributed by atoms with Crippen molar-refractivity contribution >= 4 is 26.8 Å². The molecule has 1 aromatic heterocycles. The number of amides is 1. The second-order valence-electron chi connectivity index (χ2n) is 6.96. The Balaban J connectivity index is 1.68. The number of hydrogen-bond acceptors (Lipinski definition) is 5. The molecule has 0 unspecified atom stereocenters. The van der Waals surface area contributed by atoms with Crippen LogP contribution in [0.25, 0.3) is 11.0 Å². The molecule has 0 spiro atoms. The smallest absolute Gasteiger partial charge is 0.274 e. The Morgan fingerprint density at radius 1 is 1.20 bits per heavy atom. The maximum atomic E-state index is 12.7. The van der Waals surface area contributed by atoms with Gasteiger partial charge in [0.1, 0.15) is 5.69 Å². The number of benzene rings is 1. The summed E-state index contributed by atoms with van der Waals surface area (Å²) in [6.45, 7) is 4.70. The Morgan fingerprint density at radius 3 is 2.48 bits per heavy atom. The predicted octanol–water partition coefficient (Wildman–Crippen LogP) is 2.31. The molecule has 1 fully saturated rings. The van der Waals surface area contributed by atoms with Crippen LogP contribution in [0.1, 0.15) is 37.2 Å². The fourth-order valence-electron chi connectivity index (χ4n) is 3.24. The third-order valence-corrected chi connectivity index (χ3v) is 7.09. The molecule has 0 saturated carbocycles. The number of carbonyl (C=O) groups is 1. The van der Waals surface area contributed by atoms with Crippen LogP contribution in [0, 0.1) is 5.92 Å². The van der Waals surface area contributed by atoms with E-state index in [1.165, 1.54) is 6.20 Å². The molecular formula is C18H23N3O3S. The van der Waals surface area contributed by atoms with Crippen LogP contribution in [0.5, 0.6) is 0 Å². The number of nitrogens with zero attached hydrogens (tertiary/aromatic N) is 3. The van der Waals surface area contributed by atoms with Crippen LogP contribution in [0.15, 0.2) is 30.5 Å². The Labute approximate surface area is 148 Å². The fourth-order valence-corrected chi connectivity index (χ4v) is 5.37. The van der Waals surface area contributed by atoms with Gasteiger partial charge in [-0.2, -0.15) is 0 Å². The van der Waals surface area contributed by atoms with Crippen LogP contribution in [0.4, 0.5) is 0 Å². The summed E-state index contributed by atoms with van der Waals surface area (Å²) >= 11 is 0. The monoisotopic (exact) mass is 361 g/mol. The highest BCUT2D eigenvalue weighted by molar-refractivity contribution is 7.92. The highest BCUT2D eigenvalue weighted by atomic mass is 32.2. The molecule has 0 aliphatic carbocycles. The zero-order valence-electron chi connectivity index (χ0n) is 14.6. The lowest BCUT2D eigenvalue weighted by Crippen LogP contribution is -2.43. The Kier molecular flexibility index (Phi) is 5.03. The lowest BCUT2D eigenvalue weighted by atomic mass is 10.1. The van der Waals surface area contributed by atoms with Gasteiger partial charge >= 0.3 is 0 Å². The number of sulfone groups is 1. The van der Waals surface area contributed by atoms with Gasteiger partial charge < -0.3 is 4.90 Å². The van der Waals surface area contributed by atoms with Crippen molar-refractivity contribution in [1.82, 2.24) is 14.9 Å². The van der Waals surface area contributed by atoms with E-state index < -0.39 is 9.84 Å². The average Bonchev–Trinajstić information content (AvgIpc) is 2.60. The standard InChI is InChI=1S/C18H23N3O3S/c1-13(2)12-25(23,24)14-7-9-21(10-8-14)18(22)17-11-19-15-5-3-4-6-16(15)20-17/h3-6,11,13-14H,7-10,12H2,1-2H3. The number of hydrogen-bond donors (Lipinski definition) is 0. The van der Waals surface area contributed by atoms with E-state index in [0.29, 0.717) is 37.1 Å². The number of fused-ring (bicyclic) bond motifs is 1. The van der Waals surface area contributed by atoms with Gasteiger partial charge in [0.05, 0.1) is 28.2 Å². The van der Waals surface area contributed by atoms with Crippen molar-refractivity contribution < 1.29 is 13.2 Å². The minimum absolute atomic E-state index is 0.123. The van der Waals surface area contributed by atoms with Gasteiger partial charge in [0.15, 0.2) is 9.84 Å². The van der Waals surface area contributed by atoms with E-state index in [-0.39, 0.29) is 22.8 Å².